The lowest BCUT2D eigenvalue weighted by Gasteiger charge is -2.29. The van der Waals surface area contributed by atoms with Crippen LogP contribution in [0.2, 0.25) is 0 Å². The van der Waals surface area contributed by atoms with Gasteiger partial charge in [0.25, 0.3) is 5.56 Å². The number of nitrogen functional groups attached to an aromatic ring is 2. The molecule has 1 fully saturated rings. The van der Waals surface area contributed by atoms with E-state index in [1.165, 1.54) is 6.08 Å². The van der Waals surface area contributed by atoms with Gasteiger partial charge in [0.2, 0.25) is 5.91 Å². The van der Waals surface area contributed by atoms with Crippen molar-refractivity contribution in [3.8, 4) is 0 Å². The van der Waals surface area contributed by atoms with Crippen LogP contribution in [-0.2, 0) is 4.79 Å². The van der Waals surface area contributed by atoms with Crippen LogP contribution in [0, 0.1) is 13.8 Å². The Balaban J connectivity index is 1.84. The second kappa shape index (κ2) is 8.33. The Morgan fingerprint density at radius 2 is 2.03 bits per heavy atom. The topological polar surface area (TPSA) is 144 Å². The number of benzene rings is 1. The first-order valence-corrected chi connectivity index (χ1v) is 10.4. The number of hydrogen-bond donors (Lipinski definition) is 3. The van der Waals surface area contributed by atoms with Crippen molar-refractivity contribution < 1.29 is 9.21 Å². The van der Waals surface area contributed by atoms with Gasteiger partial charge in [0.1, 0.15) is 17.0 Å². The van der Waals surface area contributed by atoms with Crippen molar-refractivity contribution in [2.45, 2.75) is 32.7 Å². The number of anilines is 2. The molecular formula is C23H26N6O3. The number of aliphatic imine (C=N–C) groups is 1. The SMILES string of the molecule is C=CC(=O)N1CCC(N=C(c2oc3ccc(C)cc3c2C)c2c(N)n[nH]c(=O)c2N)CC1. The fraction of sp³-hybridized carbons (Fsp3) is 0.304. The van der Waals surface area contributed by atoms with Crippen molar-refractivity contribution in [3.05, 3.63) is 63.7 Å². The minimum atomic E-state index is -0.544. The normalized spacial score (nSPS) is 15.3. The molecule has 0 saturated carbocycles. The Labute approximate surface area is 184 Å². The van der Waals surface area contributed by atoms with Gasteiger partial charge in [-0.3, -0.25) is 14.6 Å². The van der Waals surface area contributed by atoms with Gasteiger partial charge >= 0.3 is 0 Å². The highest BCUT2D eigenvalue weighted by molar-refractivity contribution is 6.18. The third kappa shape index (κ3) is 3.77. The fourth-order valence-electron chi connectivity index (χ4n) is 4.05. The number of fused-ring (bicyclic) bond motifs is 1. The number of carbonyl (C=O) groups is 1. The summed E-state index contributed by atoms with van der Waals surface area (Å²) in [5.41, 5.74) is 15.0. The maximum atomic E-state index is 12.2. The number of amides is 1. The van der Waals surface area contributed by atoms with Crippen LogP contribution in [0.25, 0.3) is 11.0 Å². The summed E-state index contributed by atoms with van der Waals surface area (Å²) in [5, 5.41) is 7.15. The van der Waals surface area contributed by atoms with Gasteiger partial charge in [0.05, 0.1) is 11.6 Å². The molecule has 5 N–H and O–H groups in total. The lowest BCUT2D eigenvalue weighted by molar-refractivity contribution is -0.126. The highest BCUT2D eigenvalue weighted by Crippen LogP contribution is 2.31. The molecule has 3 heterocycles. The summed E-state index contributed by atoms with van der Waals surface area (Å²) in [7, 11) is 0. The highest BCUT2D eigenvalue weighted by atomic mass is 16.3. The molecule has 0 bridgehead atoms. The van der Waals surface area contributed by atoms with E-state index in [1.54, 1.807) is 4.90 Å². The molecule has 32 heavy (non-hydrogen) atoms. The first-order valence-electron chi connectivity index (χ1n) is 10.4. The van der Waals surface area contributed by atoms with Crippen molar-refractivity contribution in [2.75, 3.05) is 24.6 Å². The number of furan rings is 1. The molecule has 0 radical (unpaired) electrons. The molecule has 166 valence electrons. The van der Waals surface area contributed by atoms with Crippen LogP contribution in [0.1, 0.15) is 35.3 Å². The number of likely N-dealkylation sites (tertiary alicyclic amines) is 1. The molecule has 1 aliphatic rings. The number of carbonyl (C=O) groups excluding carboxylic acids is 1. The summed E-state index contributed by atoms with van der Waals surface area (Å²) in [6.45, 7) is 8.61. The van der Waals surface area contributed by atoms with E-state index in [9.17, 15) is 9.59 Å². The molecule has 1 amide bonds. The van der Waals surface area contributed by atoms with E-state index in [0.29, 0.717) is 43.0 Å². The Hall–Kier alpha value is -3.88. The van der Waals surface area contributed by atoms with Crippen LogP contribution in [0.5, 0.6) is 0 Å². The lowest BCUT2D eigenvalue weighted by atomic mass is 10.0. The van der Waals surface area contributed by atoms with E-state index in [-0.39, 0.29) is 29.0 Å². The molecule has 0 unspecified atom stereocenters. The number of nitrogens with two attached hydrogens (primary N) is 2. The summed E-state index contributed by atoms with van der Waals surface area (Å²) in [5.74, 6) is 0.473. The first-order chi connectivity index (χ1) is 15.3. The zero-order valence-electron chi connectivity index (χ0n) is 18.1. The van der Waals surface area contributed by atoms with Crippen molar-refractivity contribution >= 4 is 34.1 Å². The predicted molar refractivity (Wildman–Crippen MR) is 125 cm³/mol. The summed E-state index contributed by atoms with van der Waals surface area (Å²) in [6.07, 6.45) is 2.62. The van der Waals surface area contributed by atoms with E-state index >= 15 is 0 Å². The van der Waals surface area contributed by atoms with Crippen LogP contribution in [-0.4, -0.2) is 45.8 Å². The molecule has 1 aromatic carbocycles. The quantitative estimate of drug-likeness (QED) is 0.425. The van der Waals surface area contributed by atoms with Gasteiger partial charge < -0.3 is 20.8 Å². The maximum absolute atomic E-state index is 12.2. The number of aryl methyl sites for hydroxylation is 2. The average molecular weight is 435 g/mol. The van der Waals surface area contributed by atoms with E-state index < -0.39 is 5.56 Å². The van der Waals surface area contributed by atoms with Gasteiger partial charge in [0, 0.05) is 24.0 Å². The minimum absolute atomic E-state index is 0.0634. The number of piperidine rings is 1. The van der Waals surface area contributed by atoms with Crippen molar-refractivity contribution in [2.24, 2.45) is 4.99 Å². The van der Waals surface area contributed by atoms with Gasteiger partial charge in [-0.1, -0.05) is 18.2 Å². The monoisotopic (exact) mass is 434 g/mol. The Bertz CT molecular complexity index is 1300. The lowest BCUT2D eigenvalue weighted by Crippen LogP contribution is -2.39. The van der Waals surface area contributed by atoms with Crippen molar-refractivity contribution in [1.29, 1.82) is 0 Å². The molecular weight excluding hydrogens is 408 g/mol. The zero-order chi connectivity index (χ0) is 23.0. The predicted octanol–water partition coefficient (Wildman–Crippen LogP) is 2.31. The largest absolute Gasteiger partial charge is 0.454 e. The van der Waals surface area contributed by atoms with Crippen LogP contribution >= 0.6 is 0 Å². The van der Waals surface area contributed by atoms with Crippen LogP contribution in [0.3, 0.4) is 0 Å². The van der Waals surface area contributed by atoms with E-state index in [0.717, 1.165) is 16.5 Å². The molecule has 2 aromatic heterocycles. The third-order valence-corrected chi connectivity index (χ3v) is 5.85. The number of rotatable bonds is 4. The van der Waals surface area contributed by atoms with Gasteiger partial charge in [-0.2, -0.15) is 5.10 Å². The van der Waals surface area contributed by atoms with Crippen LogP contribution in [0.4, 0.5) is 11.5 Å². The average Bonchev–Trinajstić information content (AvgIpc) is 3.11. The summed E-state index contributed by atoms with van der Waals surface area (Å²) in [6, 6.07) is 5.81. The number of nitrogens with zero attached hydrogens (tertiary/aromatic N) is 3. The van der Waals surface area contributed by atoms with Gasteiger partial charge in [-0.25, -0.2) is 5.10 Å². The van der Waals surface area contributed by atoms with Crippen molar-refractivity contribution in [3.63, 3.8) is 0 Å². The number of hydrogen-bond acceptors (Lipinski definition) is 7. The van der Waals surface area contributed by atoms with E-state index in [1.807, 2.05) is 32.0 Å². The number of H-pyrrole nitrogens is 1. The zero-order valence-corrected chi connectivity index (χ0v) is 18.1. The molecule has 9 nitrogen and oxygen atoms in total. The molecule has 9 heteroatoms. The number of aromatic amines is 1. The molecule has 1 saturated heterocycles. The number of aromatic nitrogens is 2. The Morgan fingerprint density at radius 1 is 1.31 bits per heavy atom. The minimum Gasteiger partial charge on any atom is -0.454 e. The standard InChI is InChI=1S/C23H26N6O3/c1-4-17(30)29-9-7-14(8-10-29)26-20(18-19(24)23(31)28-27-22(18)25)21-13(3)15-11-12(2)5-6-16(15)32-21/h4-6,11,14H,1,7-10H2,2-3H3,(H,28,31)(H4,24,25,27). The van der Waals surface area contributed by atoms with E-state index in [2.05, 4.69) is 16.8 Å². The smallest absolute Gasteiger partial charge is 0.288 e. The molecule has 3 aromatic rings. The van der Waals surface area contributed by atoms with Gasteiger partial charge in [-0.15, -0.1) is 0 Å². The van der Waals surface area contributed by atoms with Crippen LogP contribution < -0.4 is 17.0 Å². The molecule has 0 spiro atoms. The molecule has 0 aliphatic carbocycles. The highest BCUT2D eigenvalue weighted by Gasteiger charge is 2.27. The van der Waals surface area contributed by atoms with Crippen molar-refractivity contribution in [1.82, 2.24) is 15.1 Å². The molecule has 4 rings (SSSR count). The van der Waals surface area contributed by atoms with Gasteiger partial charge in [-0.05, 0) is 44.9 Å². The Morgan fingerprint density at radius 3 is 2.72 bits per heavy atom. The summed E-state index contributed by atoms with van der Waals surface area (Å²) < 4.78 is 6.18. The van der Waals surface area contributed by atoms with E-state index in [4.69, 9.17) is 20.9 Å². The summed E-state index contributed by atoms with van der Waals surface area (Å²) >= 11 is 0. The Kier molecular flexibility index (Phi) is 5.56. The molecule has 0 atom stereocenters. The second-order valence-electron chi connectivity index (χ2n) is 8.02. The number of nitrogens with one attached hydrogen (secondary N) is 1. The van der Waals surface area contributed by atoms with Crippen LogP contribution in [0.15, 0.2) is 45.1 Å². The third-order valence-electron chi connectivity index (χ3n) is 5.85. The maximum Gasteiger partial charge on any atom is 0.288 e. The first kappa shape index (κ1) is 21.4. The van der Waals surface area contributed by atoms with Gasteiger partial charge in [0.15, 0.2) is 11.6 Å². The summed E-state index contributed by atoms with van der Waals surface area (Å²) in [4.78, 5) is 30.8. The molecule has 1 aliphatic heterocycles. The fourth-order valence-corrected chi connectivity index (χ4v) is 4.05. The second-order valence-corrected chi connectivity index (χ2v) is 8.02.